The summed E-state index contributed by atoms with van der Waals surface area (Å²) in [5.74, 6) is 2.80. The SMILES string of the molecule is CCCCCSC1CCCCS1. The van der Waals surface area contributed by atoms with E-state index in [0.717, 1.165) is 4.58 Å². The number of thioether (sulfide) groups is 2. The van der Waals surface area contributed by atoms with E-state index < -0.39 is 0 Å². The minimum Gasteiger partial charge on any atom is -0.148 e. The van der Waals surface area contributed by atoms with Gasteiger partial charge in [-0.25, -0.2) is 0 Å². The summed E-state index contributed by atoms with van der Waals surface area (Å²) in [5, 5.41) is 0. The molecule has 0 aromatic heterocycles. The molecule has 1 unspecified atom stereocenters. The van der Waals surface area contributed by atoms with Crippen LogP contribution in [0.15, 0.2) is 0 Å². The summed E-state index contributed by atoms with van der Waals surface area (Å²) in [7, 11) is 0. The van der Waals surface area contributed by atoms with Crippen LogP contribution in [0, 0.1) is 0 Å². The number of unbranched alkanes of at least 4 members (excludes halogenated alkanes) is 2. The van der Waals surface area contributed by atoms with Gasteiger partial charge in [0.1, 0.15) is 0 Å². The van der Waals surface area contributed by atoms with Crippen molar-refractivity contribution >= 4 is 23.5 Å². The van der Waals surface area contributed by atoms with E-state index in [1.807, 2.05) is 0 Å². The van der Waals surface area contributed by atoms with Crippen LogP contribution in [0.5, 0.6) is 0 Å². The number of rotatable bonds is 5. The molecule has 1 rings (SSSR count). The van der Waals surface area contributed by atoms with Crippen LogP contribution in [-0.2, 0) is 0 Å². The Balaban J connectivity index is 1.91. The molecular weight excluding hydrogens is 184 g/mol. The van der Waals surface area contributed by atoms with Crippen LogP contribution >= 0.6 is 23.5 Å². The van der Waals surface area contributed by atoms with E-state index in [1.54, 1.807) is 0 Å². The number of hydrogen-bond donors (Lipinski definition) is 0. The Morgan fingerprint density at radius 2 is 2.25 bits per heavy atom. The van der Waals surface area contributed by atoms with Gasteiger partial charge in [0.15, 0.2) is 0 Å². The zero-order chi connectivity index (χ0) is 8.65. The smallest absolute Gasteiger partial charge is 0.0502 e. The fourth-order valence-corrected chi connectivity index (χ4v) is 4.31. The van der Waals surface area contributed by atoms with Gasteiger partial charge >= 0.3 is 0 Å². The molecular formula is C10H20S2. The second-order valence-corrected chi connectivity index (χ2v) is 6.29. The van der Waals surface area contributed by atoms with Crippen LogP contribution in [0.25, 0.3) is 0 Å². The van der Waals surface area contributed by atoms with Crippen LogP contribution in [-0.4, -0.2) is 16.1 Å². The topological polar surface area (TPSA) is 0 Å². The van der Waals surface area contributed by atoms with Crippen LogP contribution in [0.3, 0.4) is 0 Å². The minimum absolute atomic E-state index is 0.940. The van der Waals surface area contributed by atoms with Gasteiger partial charge in [0.25, 0.3) is 0 Å². The second kappa shape index (κ2) is 7.14. The van der Waals surface area contributed by atoms with E-state index in [4.69, 9.17) is 0 Å². The van der Waals surface area contributed by atoms with Gasteiger partial charge in [-0.2, -0.15) is 0 Å². The van der Waals surface area contributed by atoms with Gasteiger partial charge in [0.2, 0.25) is 0 Å². The third-order valence-electron chi connectivity index (χ3n) is 2.19. The Morgan fingerprint density at radius 1 is 1.33 bits per heavy atom. The normalized spacial score (nSPS) is 24.2. The highest BCUT2D eigenvalue weighted by molar-refractivity contribution is 8.17. The van der Waals surface area contributed by atoms with Crippen molar-refractivity contribution in [1.29, 1.82) is 0 Å². The van der Waals surface area contributed by atoms with Gasteiger partial charge in [-0.3, -0.25) is 0 Å². The van der Waals surface area contributed by atoms with Gasteiger partial charge in [-0.1, -0.05) is 26.2 Å². The maximum Gasteiger partial charge on any atom is 0.0502 e. The molecule has 1 aliphatic rings. The average molecular weight is 204 g/mol. The Hall–Kier alpha value is 0.700. The van der Waals surface area contributed by atoms with Gasteiger partial charge in [0.05, 0.1) is 4.58 Å². The summed E-state index contributed by atoms with van der Waals surface area (Å²) in [6.07, 6.45) is 8.59. The van der Waals surface area contributed by atoms with E-state index in [9.17, 15) is 0 Å². The van der Waals surface area contributed by atoms with E-state index >= 15 is 0 Å². The lowest BCUT2D eigenvalue weighted by Crippen LogP contribution is -2.05. The van der Waals surface area contributed by atoms with E-state index in [1.165, 1.54) is 50.0 Å². The van der Waals surface area contributed by atoms with Crippen molar-refractivity contribution in [2.75, 3.05) is 11.5 Å². The Bertz CT molecular complexity index is 98.0. The summed E-state index contributed by atoms with van der Waals surface area (Å²) >= 11 is 4.38. The van der Waals surface area contributed by atoms with E-state index in [-0.39, 0.29) is 0 Å². The summed E-state index contributed by atoms with van der Waals surface area (Å²) in [5.41, 5.74) is 0. The van der Waals surface area contributed by atoms with Crippen molar-refractivity contribution < 1.29 is 0 Å². The lowest BCUT2D eigenvalue weighted by molar-refractivity contribution is 0.743. The molecule has 1 fully saturated rings. The summed E-state index contributed by atoms with van der Waals surface area (Å²) in [4.78, 5) is 0. The van der Waals surface area contributed by atoms with Crippen LogP contribution in [0.4, 0.5) is 0 Å². The Labute approximate surface area is 85.3 Å². The van der Waals surface area contributed by atoms with Gasteiger partial charge in [-0.15, -0.1) is 23.5 Å². The molecule has 12 heavy (non-hydrogen) atoms. The lowest BCUT2D eigenvalue weighted by atomic mass is 10.3. The van der Waals surface area contributed by atoms with Crippen molar-refractivity contribution in [3.05, 3.63) is 0 Å². The van der Waals surface area contributed by atoms with Gasteiger partial charge in [0, 0.05) is 0 Å². The summed E-state index contributed by atoms with van der Waals surface area (Å²) < 4.78 is 0.940. The average Bonchev–Trinajstić information content (AvgIpc) is 2.14. The highest BCUT2D eigenvalue weighted by Gasteiger charge is 2.13. The second-order valence-electron chi connectivity index (χ2n) is 3.37. The fraction of sp³-hybridized carbons (Fsp3) is 1.00. The Kier molecular flexibility index (Phi) is 6.41. The molecule has 72 valence electrons. The summed E-state index contributed by atoms with van der Waals surface area (Å²) in [6.45, 7) is 2.28. The molecule has 1 aliphatic heterocycles. The molecule has 0 aliphatic carbocycles. The molecule has 1 saturated heterocycles. The first-order chi connectivity index (χ1) is 5.93. The first-order valence-corrected chi connectivity index (χ1v) is 7.26. The van der Waals surface area contributed by atoms with Crippen LogP contribution in [0.1, 0.15) is 45.4 Å². The molecule has 0 aromatic rings. The van der Waals surface area contributed by atoms with Crippen LogP contribution in [0.2, 0.25) is 0 Å². The van der Waals surface area contributed by atoms with Crippen molar-refractivity contribution in [3.8, 4) is 0 Å². The molecule has 0 N–H and O–H groups in total. The van der Waals surface area contributed by atoms with Crippen molar-refractivity contribution in [2.24, 2.45) is 0 Å². The highest BCUT2D eigenvalue weighted by Crippen LogP contribution is 2.33. The molecule has 1 heterocycles. The maximum atomic E-state index is 2.28. The highest BCUT2D eigenvalue weighted by atomic mass is 32.2. The minimum atomic E-state index is 0.940. The monoisotopic (exact) mass is 204 g/mol. The van der Waals surface area contributed by atoms with Crippen molar-refractivity contribution in [3.63, 3.8) is 0 Å². The lowest BCUT2D eigenvalue weighted by Gasteiger charge is -2.20. The third-order valence-corrected chi connectivity index (χ3v) is 5.27. The molecule has 0 nitrogen and oxygen atoms in total. The molecule has 2 heteroatoms. The molecule has 1 atom stereocenters. The zero-order valence-electron chi connectivity index (χ0n) is 8.05. The van der Waals surface area contributed by atoms with Crippen molar-refractivity contribution in [1.82, 2.24) is 0 Å². The molecule has 0 spiro atoms. The summed E-state index contributed by atoms with van der Waals surface area (Å²) in [6, 6.07) is 0. The van der Waals surface area contributed by atoms with Gasteiger partial charge < -0.3 is 0 Å². The predicted octanol–water partition coefficient (Wildman–Crippen LogP) is 4.15. The van der Waals surface area contributed by atoms with Gasteiger partial charge in [-0.05, 0) is 30.8 Å². The predicted molar refractivity (Wildman–Crippen MR) is 62.1 cm³/mol. The first-order valence-electron chi connectivity index (χ1n) is 5.16. The molecule has 0 aromatic carbocycles. The maximum absolute atomic E-state index is 2.28. The third kappa shape index (κ3) is 4.66. The Morgan fingerprint density at radius 3 is 2.92 bits per heavy atom. The largest absolute Gasteiger partial charge is 0.148 e. The molecule has 0 amide bonds. The quantitative estimate of drug-likeness (QED) is 0.617. The zero-order valence-corrected chi connectivity index (χ0v) is 9.68. The van der Waals surface area contributed by atoms with E-state index in [0.29, 0.717) is 0 Å². The van der Waals surface area contributed by atoms with Crippen LogP contribution < -0.4 is 0 Å². The van der Waals surface area contributed by atoms with Crippen molar-refractivity contribution in [2.45, 2.75) is 50.0 Å². The molecule has 0 bridgehead atoms. The first kappa shape index (κ1) is 10.8. The van der Waals surface area contributed by atoms with E-state index in [2.05, 4.69) is 30.4 Å². The standard InChI is InChI=1S/C10H20S2/c1-2-3-5-8-11-10-7-4-6-9-12-10/h10H,2-9H2,1H3. The molecule has 0 radical (unpaired) electrons. The molecule has 0 saturated carbocycles. The number of hydrogen-bond acceptors (Lipinski definition) is 2. The fourth-order valence-electron chi connectivity index (χ4n) is 1.41.